The zero-order valence-corrected chi connectivity index (χ0v) is 9.07. The Morgan fingerprint density at radius 3 is 2.75 bits per heavy atom. The van der Waals surface area contributed by atoms with E-state index in [1.165, 1.54) is 24.1 Å². The first-order valence-corrected chi connectivity index (χ1v) is 4.75. The molecule has 0 amide bonds. The monoisotopic (exact) mass is 221 g/mol. The van der Waals surface area contributed by atoms with Gasteiger partial charge < -0.3 is 10.5 Å². The first kappa shape index (κ1) is 10.5. The van der Waals surface area contributed by atoms with Crippen LogP contribution in [0, 0.1) is 5.82 Å². The highest BCUT2D eigenvalue weighted by molar-refractivity contribution is 5.78. The smallest absolute Gasteiger partial charge is 0.134 e. The highest BCUT2D eigenvalue weighted by Gasteiger charge is 2.16. The molecule has 0 aliphatic heterocycles. The number of methoxy groups -OCH3 is 1. The van der Waals surface area contributed by atoms with E-state index >= 15 is 0 Å². The summed E-state index contributed by atoms with van der Waals surface area (Å²) in [5, 5.41) is 3.98. The van der Waals surface area contributed by atoms with Crippen molar-refractivity contribution in [2.24, 2.45) is 7.05 Å². The molecule has 2 rings (SSSR count). The van der Waals surface area contributed by atoms with Gasteiger partial charge in [0.2, 0.25) is 0 Å². The van der Waals surface area contributed by atoms with Crippen LogP contribution >= 0.6 is 0 Å². The van der Waals surface area contributed by atoms with Gasteiger partial charge in [0, 0.05) is 7.05 Å². The lowest BCUT2D eigenvalue weighted by Crippen LogP contribution is -1.99. The lowest BCUT2D eigenvalue weighted by Gasteiger charge is -2.08. The lowest BCUT2D eigenvalue weighted by atomic mass is 10.1. The van der Waals surface area contributed by atoms with Gasteiger partial charge in [-0.2, -0.15) is 5.10 Å². The molecule has 0 atom stereocenters. The molecule has 0 fully saturated rings. The maximum absolute atomic E-state index is 13.7. The minimum Gasteiger partial charge on any atom is -0.496 e. The molecule has 1 aromatic carbocycles. The molecule has 0 spiro atoms. The molecule has 5 heteroatoms. The van der Waals surface area contributed by atoms with E-state index in [4.69, 9.17) is 10.5 Å². The van der Waals surface area contributed by atoms with Crippen LogP contribution in [0.3, 0.4) is 0 Å². The molecule has 2 N–H and O–H groups in total. The molecule has 2 aromatic rings. The van der Waals surface area contributed by atoms with Gasteiger partial charge in [-0.25, -0.2) is 4.39 Å². The second kappa shape index (κ2) is 3.84. The first-order chi connectivity index (χ1) is 7.65. The van der Waals surface area contributed by atoms with Crippen LogP contribution in [0.4, 0.5) is 10.2 Å². The van der Waals surface area contributed by atoms with Crippen molar-refractivity contribution < 1.29 is 9.13 Å². The van der Waals surface area contributed by atoms with Gasteiger partial charge in [-0.3, -0.25) is 4.68 Å². The zero-order chi connectivity index (χ0) is 11.7. The van der Waals surface area contributed by atoms with Gasteiger partial charge in [0.05, 0.1) is 24.4 Å². The highest BCUT2D eigenvalue weighted by atomic mass is 19.1. The van der Waals surface area contributed by atoms with E-state index in [-0.39, 0.29) is 5.82 Å². The fourth-order valence-electron chi connectivity index (χ4n) is 1.58. The number of benzene rings is 1. The van der Waals surface area contributed by atoms with Crippen molar-refractivity contribution >= 4 is 5.82 Å². The average molecular weight is 221 g/mol. The summed E-state index contributed by atoms with van der Waals surface area (Å²) in [6.07, 6.45) is 1.52. The first-order valence-electron chi connectivity index (χ1n) is 4.75. The minimum atomic E-state index is -0.376. The molecule has 0 aliphatic carbocycles. The topological polar surface area (TPSA) is 53.1 Å². The second-order valence-corrected chi connectivity index (χ2v) is 3.38. The summed E-state index contributed by atoms with van der Waals surface area (Å²) < 4.78 is 20.3. The molecule has 1 heterocycles. The molecule has 1 aromatic heterocycles. The van der Waals surface area contributed by atoms with Crippen LogP contribution < -0.4 is 10.5 Å². The number of rotatable bonds is 2. The quantitative estimate of drug-likeness (QED) is 0.841. The highest BCUT2D eigenvalue weighted by Crippen LogP contribution is 2.35. The van der Waals surface area contributed by atoms with E-state index < -0.39 is 0 Å². The third-order valence-electron chi connectivity index (χ3n) is 2.45. The Balaban J connectivity index is 2.68. The summed E-state index contributed by atoms with van der Waals surface area (Å²) in [7, 11) is 3.19. The number of nitrogens with two attached hydrogens (primary N) is 1. The molecule has 0 aliphatic rings. The van der Waals surface area contributed by atoms with E-state index in [0.29, 0.717) is 22.7 Å². The van der Waals surface area contributed by atoms with Crippen molar-refractivity contribution in [3.05, 3.63) is 30.2 Å². The maximum Gasteiger partial charge on any atom is 0.134 e. The number of anilines is 1. The molecule has 0 radical (unpaired) electrons. The number of hydrogen-bond donors (Lipinski definition) is 1. The molecule has 0 saturated carbocycles. The SMILES string of the molecule is COc1cccc(F)c1-c1cnn(C)c1N. The third kappa shape index (κ3) is 1.50. The lowest BCUT2D eigenvalue weighted by molar-refractivity contribution is 0.413. The Labute approximate surface area is 92.4 Å². The summed E-state index contributed by atoms with van der Waals surface area (Å²) in [6, 6.07) is 4.64. The predicted molar refractivity (Wildman–Crippen MR) is 59.6 cm³/mol. The van der Waals surface area contributed by atoms with Gasteiger partial charge in [-0.05, 0) is 12.1 Å². The number of nitrogen functional groups attached to an aromatic ring is 1. The van der Waals surface area contributed by atoms with Crippen LogP contribution in [-0.4, -0.2) is 16.9 Å². The van der Waals surface area contributed by atoms with Crippen LogP contribution in [-0.2, 0) is 7.05 Å². The predicted octanol–water partition coefficient (Wildman–Crippen LogP) is 1.82. The van der Waals surface area contributed by atoms with E-state index in [1.807, 2.05) is 0 Å². The Morgan fingerprint density at radius 1 is 1.44 bits per heavy atom. The molecule has 84 valence electrons. The number of aryl methyl sites for hydroxylation is 1. The van der Waals surface area contributed by atoms with Gasteiger partial charge in [-0.15, -0.1) is 0 Å². The normalized spacial score (nSPS) is 10.4. The molecule has 16 heavy (non-hydrogen) atoms. The summed E-state index contributed by atoms with van der Waals surface area (Å²) in [5.41, 5.74) is 6.69. The maximum atomic E-state index is 13.7. The molecule has 4 nitrogen and oxygen atoms in total. The standard InChI is InChI=1S/C11H12FN3O/c1-15-11(13)7(6-14-15)10-8(12)4-3-5-9(10)16-2/h3-6H,13H2,1-2H3. The van der Waals surface area contributed by atoms with Crippen molar-refractivity contribution in [2.45, 2.75) is 0 Å². The number of nitrogens with zero attached hydrogens (tertiary/aromatic N) is 2. The van der Waals surface area contributed by atoms with Crippen molar-refractivity contribution in [1.82, 2.24) is 9.78 Å². The number of ether oxygens (including phenoxy) is 1. The van der Waals surface area contributed by atoms with E-state index in [1.54, 1.807) is 19.2 Å². The minimum absolute atomic E-state index is 0.343. The molecule has 0 saturated heterocycles. The Bertz CT molecular complexity index is 522. The average Bonchev–Trinajstić information content (AvgIpc) is 2.60. The molecular formula is C11H12FN3O. The number of hydrogen-bond acceptors (Lipinski definition) is 3. The van der Waals surface area contributed by atoms with Gasteiger partial charge in [0.1, 0.15) is 17.4 Å². The van der Waals surface area contributed by atoms with E-state index in [2.05, 4.69) is 5.10 Å². The summed E-state index contributed by atoms with van der Waals surface area (Å²) in [4.78, 5) is 0. The fourth-order valence-corrected chi connectivity index (χ4v) is 1.58. The van der Waals surface area contributed by atoms with Gasteiger partial charge in [0.15, 0.2) is 0 Å². The van der Waals surface area contributed by atoms with Crippen molar-refractivity contribution in [3.63, 3.8) is 0 Å². The molecular weight excluding hydrogens is 209 g/mol. The number of aromatic nitrogens is 2. The second-order valence-electron chi connectivity index (χ2n) is 3.38. The Hall–Kier alpha value is -2.04. The Kier molecular flexibility index (Phi) is 2.52. The van der Waals surface area contributed by atoms with E-state index in [9.17, 15) is 4.39 Å². The van der Waals surface area contributed by atoms with Crippen LogP contribution in [0.15, 0.2) is 24.4 Å². The number of halogens is 1. The fraction of sp³-hybridized carbons (Fsp3) is 0.182. The van der Waals surface area contributed by atoms with Gasteiger partial charge in [0.25, 0.3) is 0 Å². The van der Waals surface area contributed by atoms with Crippen molar-refractivity contribution in [1.29, 1.82) is 0 Å². The van der Waals surface area contributed by atoms with Crippen LogP contribution in [0.5, 0.6) is 5.75 Å². The van der Waals surface area contributed by atoms with Crippen LogP contribution in [0.25, 0.3) is 11.1 Å². The summed E-state index contributed by atoms with van der Waals surface area (Å²) in [5.74, 6) is 0.474. The van der Waals surface area contributed by atoms with Crippen LogP contribution in [0.2, 0.25) is 0 Å². The Morgan fingerprint density at radius 2 is 2.19 bits per heavy atom. The molecule has 0 bridgehead atoms. The van der Waals surface area contributed by atoms with Crippen molar-refractivity contribution in [2.75, 3.05) is 12.8 Å². The van der Waals surface area contributed by atoms with Crippen molar-refractivity contribution in [3.8, 4) is 16.9 Å². The molecule has 0 unspecified atom stereocenters. The summed E-state index contributed by atoms with van der Waals surface area (Å²) >= 11 is 0. The van der Waals surface area contributed by atoms with Gasteiger partial charge in [-0.1, -0.05) is 6.07 Å². The largest absolute Gasteiger partial charge is 0.496 e. The summed E-state index contributed by atoms with van der Waals surface area (Å²) in [6.45, 7) is 0. The van der Waals surface area contributed by atoms with Gasteiger partial charge >= 0.3 is 0 Å². The van der Waals surface area contributed by atoms with E-state index in [0.717, 1.165) is 0 Å². The zero-order valence-electron chi connectivity index (χ0n) is 9.07. The van der Waals surface area contributed by atoms with Crippen LogP contribution in [0.1, 0.15) is 0 Å². The third-order valence-corrected chi connectivity index (χ3v) is 2.45.